The molecule has 1 saturated carbocycles. The van der Waals surface area contributed by atoms with E-state index in [4.69, 9.17) is 14.2 Å². The summed E-state index contributed by atoms with van der Waals surface area (Å²) in [6.07, 6.45) is 6.61. The summed E-state index contributed by atoms with van der Waals surface area (Å²) >= 11 is 1.64. The van der Waals surface area contributed by atoms with Gasteiger partial charge in [-0.15, -0.1) is 11.3 Å². The van der Waals surface area contributed by atoms with Crippen molar-refractivity contribution in [2.45, 2.75) is 51.5 Å². The van der Waals surface area contributed by atoms with Gasteiger partial charge in [0.05, 0.1) is 27.3 Å². The zero-order valence-electron chi connectivity index (χ0n) is 21.9. The quantitative estimate of drug-likeness (QED) is 0.338. The van der Waals surface area contributed by atoms with Gasteiger partial charge in [0.15, 0.2) is 11.5 Å². The van der Waals surface area contributed by atoms with E-state index in [9.17, 15) is 9.59 Å². The predicted molar refractivity (Wildman–Crippen MR) is 143 cm³/mol. The maximum absolute atomic E-state index is 13.6. The summed E-state index contributed by atoms with van der Waals surface area (Å²) in [7, 11) is 4.90. The molecule has 0 unspecified atom stereocenters. The number of hydrogen-bond acceptors (Lipinski definition) is 6. The molecule has 1 aromatic carbocycles. The van der Waals surface area contributed by atoms with E-state index in [1.807, 2.05) is 40.6 Å². The number of methoxy groups -OCH3 is 3. The average Bonchev–Trinajstić information content (AvgIpc) is 3.43. The van der Waals surface area contributed by atoms with Gasteiger partial charge in [0, 0.05) is 37.6 Å². The van der Waals surface area contributed by atoms with E-state index >= 15 is 0 Å². The van der Waals surface area contributed by atoms with E-state index in [1.165, 1.54) is 6.42 Å². The minimum Gasteiger partial charge on any atom is -0.493 e. The Labute approximate surface area is 219 Å². The summed E-state index contributed by atoms with van der Waals surface area (Å²) in [4.78, 5) is 31.7. The van der Waals surface area contributed by atoms with Crippen molar-refractivity contribution in [1.29, 1.82) is 0 Å². The Kier molecular flexibility index (Phi) is 11.6. The summed E-state index contributed by atoms with van der Waals surface area (Å²) < 4.78 is 16.0. The van der Waals surface area contributed by atoms with Crippen molar-refractivity contribution in [3.05, 3.63) is 46.2 Å². The topological polar surface area (TPSA) is 68.3 Å². The van der Waals surface area contributed by atoms with Crippen molar-refractivity contribution in [2.24, 2.45) is 5.92 Å². The molecule has 1 aliphatic carbocycles. The molecular weight excluding hydrogens is 476 g/mol. The lowest BCUT2D eigenvalue weighted by molar-refractivity contribution is -0.144. The first-order valence-corrected chi connectivity index (χ1v) is 13.7. The number of carbonyl (C=O) groups excluding carboxylic acids is 2. The van der Waals surface area contributed by atoms with Gasteiger partial charge in [-0.25, -0.2) is 0 Å². The highest BCUT2D eigenvalue weighted by atomic mass is 32.1. The number of nitrogens with zero attached hydrogens (tertiary/aromatic N) is 2. The third-order valence-electron chi connectivity index (χ3n) is 6.77. The van der Waals surface area contributed by atoms with Gasteiger partial charge in [0.25, 0.3) is 0 Å². The smallest absolute Gasteiger partial charge is 0.242 e. The molecule has 1 fully saturated rings. The van der Waals surface area contributed by atoms with Crippen LogP contribution in [0.25, 0.3) is 0 Å². The Balaban J connectivity index is 1.71. The molecule has 2 amide bonds. The van der Waals surface area contributed by atoms with Crippen LogP contribution in [0.1, 0.15) is 49.0 Å². The van der Waals surface area contributed by atoms with E-state index in [1.54, 1.807) is 37.6 Å². The molecule has 1 aromatic heterocycles. The highest BCUT2D eigenvalue weighted by molar-refractivity contribution is 7.09. The second-order valence-corrected chi connectivity index (χ2v) is 10.3. The van der Waals surface area contributed by atoms with Crippen molar-refractivity contribution >= 4 is 23.2 Å². The second kappa shape index (κ2) is 14.9. The van der Waals surface area contributed by atoms with Gasteiger partial charge < -0.3 is 24.0 Å². The van der Waals surface area contributed by atoms with Crippen LogP contribution in [-0.2, 0) is 27.3 Å². The van der Waals surface area contributed by atoms with Crippen LogP contribution in [-0.4, -0.2) is 69.2 Å². The average molecular weight is 517 g/mol. The van der Waals surface area contributed by atoms with E-state index < -0.39 is 0 Å². The van der Waals surface area contributed by atoms with Crippen LogP contribution in [0.2, 0.25) is 0 Å². The number of hydrogen-bond donors (Lipinski definition) is 0. The maximum Gasteiger partial charge on any atom is 0.242 e. The van der Waals surface area contributed by atoms with Crippen molar-refractivity contribution in [3.63, 3.8) is 0 Å². The second-order valence-electron chi connectivity index (χ2n) is 9.28. The molecule has 198 valence electrons. The van der Waals surface area contributed by atoms with E-state index in [0.717, 1.165) is 42.5 Å². The monoisotopic (exact) mass is 516 g/mol. The van der Waals surface area contributed by atoms with E-state index in [-0.39, 0.29) is 24.3 Å². The molecule has 0 saturated heterocycles. The van der Waals surface area contributed by atoms with Crippen LogP contribution in [0.3, 0.4) is 0 Å². The van der Waals surface area contributed by atoms with Crippen LogP contribution in [0.4, 0.5) is 0 Å². The molecule has 0 radical (unpaired) electrons. The first-order chi connectivity index (χ1) is 17.5. The molecule has 3 rings (SSSR count). The third kappa shape index (κ3) is 8.23. The van der Waals surface area contributed by atoms with Crippen molar-refractivity contribution in [1.82, 2.24) is 9.80 Å². The third-order valence-corrected chi connectivity index (χ3v) is 7.63. The number of benzene rings is 1. The summed E-state index contributed by atoms with van der Waals surface area (Å²) in [6.45, 7) is 2.30. The molecule has 0 N–H and O–H groups in total. The Morgan fingerprint density at radius 2 is 1.75 bits per heavy atom. The predicted octanol–water partition coefficient (Wildman–Crippen LogP) is 4.78. The van der Waals surface area contributed by atoms with Crippen LogP contribution >= 0.6 is 11.3 Å². The normalized spacial score (nSPS) is 13.9. The fourth-order valence-corrected chi connectivity index (χ4v) is 5.44. The lowest BCUT2D eigenvalue weighted by atomic mass is 9.88. The van der Waals surface area contributed by atoms with Crippen LogP contribution in [0, 0.1) is 5.92 Å². The van der Waals surface area contributed by atoms with Gasteiger partial charge in [-0.2, -0.15) is 0 Å². The largest absolute Gasteiger partial charge is 0.493 e. The van der Waals surface area contributed by atoms with Gasteiger partial charge in [-0.05, 0) is 54.8 Å². The standard InChI is InChI=1S/C28H40N2O5S/c1-33-17-8-15-30(28(32)23-9-5-4-6-10-23)21-27(31)29(20-24-11-7-18-36-24)16-14-22-12-13-25(34-2)26(19-22)35-3/h7,11-13,18-19,23H,4-6,8-10,14-17,20-21H2,1-3H3. The van der Waals surface area contributed by atoms with Gasteiger partial charge >= 0.3 is 0 Å². The molecule has 1 heterocycles. The highest BCUT2D eigenvalue weighted by Crippen LogP contribution is 2.28. The molecule has 0 atom stereocenters. The minimum absolute atomic E-state index is 0.0227. The zero-order valence-corrected chi connectivity index (χ0v) is 22.7. The highest BCUT2D eigenvalue weighted by Gasteiger charge is 2.28. The molecule has 8 heteroatoms. The molecule has 0 aliphatic heterocycles. The summed E-state index contributed by atoms with van der Waals surface area (Å²) in [5.41, 5.74) is 1.06. The zero-order chi connectivity index (χ0) is 25.8. The number of carbonyl (C=O) groups is 2. The molecule has 0 bridgehead atoms. The Bertz CT molecular complexity index is 943. The summed E-state index contributed by atoms with van der Waals surface area (Å²) in [5, 5.41) is 2.02. The van der Waals surface area contributed by atoms with E-state index in [0.29, 0.717) is 44.2 Å². The molecule has 36 heavy (non-hydrogen) atoms. The van der Waals surface area contributed by atoms with Crippen LogP contribution in [0.5, 0.6) is 11.5 Å². The summed E-state index contributed by atoms with van der Waals surface area (Å²) in [5.74, 6) is 1.49. The lowest BCUT2D eigenvalue weighted by Gasteiger charge is -2.31. The molecule has 0 spiro atoms. The Morgan fingerprint density at radius 3 is 2.42 bits per heavy atom. The van der Waals surface area contributed by atoms with Gasteiger partial charge in [0.2, 0.25) is 11.8 Å². The SMILES string of the molecule is COCCCN(CC(=O)N(CCc1ccc(OC)c(OC)c1)Cc1cccs1)C(=O)C1CCCCC1. The number of thiophene rings is 1. The van der Waals surface area contributed by atoms with Crippen molar-refractivity contribution in [2.75, 3.05) is 47.6 Å². The number of rotatable bonds is 14. The van der Waals surface area contributed by atoms with Gasteiger partial charge in [-0.1, -0.05) is 31.4 Å². The first kappa shape index (κ1) is 28.0. The fraction of sp³-hybridized carbons (Fsp3) is 0.571. The Morgan fingerprint density at radius 1 is 0.972 bits per heavy atom. The van der Waals surface area contributed by atoms with Gasteiger partial charge in [0.1, 0.15) is 0 Å². The molecule has 1 aliphatic rings. The lowest BCUT2D eigenvalue weighted by Crippen LogP contribution is -2.46. The number of amides is 2. The van der Waals surface area contributed by atoms with Crippen LogP contribution in [0.15, 0.2) is 35.7 Å². The molecule has 2 aromatic rings. The molecule has 7 nitrogen and oxygen atoms in total. The van der Waals surface area contributed by atoms with E-state index in [2.05, 4.69) is 0 Å². The first-order valence-electron chi connectivity index (χ1n) is 12.8. The maximum atomic E-state index is 13.6. The number of ether oxygens (including phenoxy) is 3. The van der Waals surface area contributed by atoms with Crippen LogP contribution < -0.4 is 9.47 Å². The fourth-order valence-electron chi connectivity index (χ4n) is 4.72. The molecular formula is C28H40N2O5S. The van der Waals surface area contributed by atoms with Crippen molar-refractivity contribution < 1.29 is 23.8 Å². The van der Waals surface area contributed by atoms with Gasteiger partial charge in [-0.3, -0.25) is 9.59 Å². The Hall–Kier alpha value is -2.58. The minimum atomic E-state index is -0.0227. The van der Waals surface area contributed by atoms with Crippen molar-refractivity contribution in [3.8, 4) is 11.5 Å². The summed E-state index contributed by atoms with van der Waals surface area (Å²) in [6, 6.07) is 9.89.